The van der Waals surface area contributed by atoms with Gasteiger partial charge in [0.05, 0.1) is 26.9 Å². The minimum Gasteiger partial charge on any atom is -0.380 e. The number of nitrogens with zero attached hydrogens (tertiary/aromatic N) is 1. The Morgan fingerprint density at radius 2 is 2.04 bits per heavy atom. The van der Waals surface area contributed by atoms with Gasteiger partial charge in [0.15, 0.2) is 0 Å². The highest BCUT2D eigenvalue weighted by molar-refractivity contribution is 7.89. The van der Waals surface area contributed by atoms with Gasteiger partial charge in [0.25, 0.3) is 0 Å². The molecule has 3 heterocycles. The zero-order valence-electron chi connectivity index (χ0n) is 14.7. The van der Waals surface area contributed by atoms with Crippen LogP contribution in [0.2, 0.25) is 0 Å². The van der Waals surface area contributed by atoms with Crippen LogP contribution in [0.25, 0.3) is 10.2 Å². The molecule has 0 saturated carbocycles. The standard InChI is InChI=1S/C19H21N3O3S2/c23-27(24,22-13-15-2-1-10-25-15)16-5-3-14(4-6-16)12-21-17-7-9-20-18-8-11-26-19(17)18/h3-9,11,15,22H,1-2,10,12-13H2,(H,20,21). The molecule has 2 N–H and O–H groups in total. The van der Waals surface area contributed by atoms with Gasteiger partial charge in [0, 0.05) is 25.9 Å². The summed E-state index contributed by atoms with van der Waals surface area (Å²) < 4.78 is 34.0. The van der Waals surface area contributed by atoms with Gasteiger partial charge in [-0.15, -0.1) is 11.3 Å². The van der Waals surface area contributed by atoms with Crippen LogP contribution in [0.4, 0.5) is 5.69 Å². The third-order valence-electron chi connectivity index (χ3n) is 4.59. The Bertz CT molecular complexity index is 1010. The molecule has 142 valence electrons. The number of anilines is 1. The molecule has 3 aromatic rings. The second-order valence-corrected chi connectivity index (χ2v) is 9.16. The third-order valence-corrected chi connectivity index (χ3v) is 6.96. The zero-order valence-corrected chi connectivity index (χ0v) is 16.4. The number of rotatable bonds is 7. The molecule has 0 spiro atoms. The smallest absolute Gasteiger partial charge is 0.240 e. The predicted molar refractivity (Wildman–Crippen MR) is 108 cm³/mol. The van der Waals surface area contributed by atoms with Crippen LogP contribution in [-0.2, 0) is 21.3 Å². The molecule has 0 bridgehead atoms. The van der Waals surface area contributed by atoms with E-state index in [9.17, 15) is 8.42 Å². The highest BCUT2D eigenvalue weighted by Gasteiger charge is 2.20. The average molecular weight is 404 g/mol. The molecule has 1 saturated heterocycles. The highest BCUT2D eigenvalue weighted by Crippen LogP contribution is 2.27. The topological polar surface area (TPSA) is 80.3 Å². The first-order chi connectivity index (χ1) is 13.1. The second kappa shape index (κ2) is 7.93. The lowest BCUT2D eigenvalue weighted by Crippen LogP contribution is -2.31. The fraction of sp³-hybridized carbons (Fsp3) is 0.316. The molecule has 0 radical (unpaired) electrons. The zero-order chi connectivity index (χ0) is 18.7. The Labute approximate surface area is 162 Å². The van der Waals surface area contributed by atoms with Crippen molar-refractivity contribution in [3.8, 4) is 0 Å². The summed E-state index contributed by atoms with van der Waals surface area (Å²) in [6.45, 7) is 1.65. The molecule has 8 heteroatoms. The Kier molecular flexibility index (Phi) is 5.40. The van der Waals surface area contributed by atoms with Crippen LogP contribution < -0.4 is 10.0 Å². The lowest BCUT2D eigenvalue weighted by molar-refractivity contribution is 0.114. The van der Waals surface area contributed by atoms with Gasteiger partial charge in [-0.25, -0.2) is 13.1 Å². The number of fused-ring (bicyclic) bond motifs is 1. The molecule has 1 aromatic carbocycles. The normalized spacial score (nSPS) is 17.4. The van der Waals surface area contributed by atoms with Crippen LogP contribution in [0.3, 0.4) is 0 Å². The molecule has 1 aliphatic heterocycles. The maximum atomic E-state index is 12.4. The van der Waals surface area contributed by atoms with E-state index < -0.39 is 10.0 Å². The number of hydrogen-bond acceptors (Lipinski definition) is 6. The lowest BCUT2D eigenvalue weighted by Gasteiger charge is -2.12. The van der Waals surface area contributed by atoms with E-state index in [4.69, 9.17) is 4.74 Å². The van der Waals surface area contributed by atoms with Crippen molar-refractivity contribution in [2.45, 2.75) is 30.4 Å². The van der Waals surface area contributed by atoms with E-state index in [0.717, 1.165) is 34.3 Å². The van der Waals surface area contributed by atoms with E-state index in [-0.39, 0.29) is 11.0 Å². The fourth-order valence-corrected chi connectivity index (χ4v) is 5.00. The summed E-state index contributed by atoms with van der Waals surface area (Å²) in [5, 5.41) is 5.42. The average Bonchev–Trinajstić information content (AvgIpc) is 3.37. The van der Waals surface area contributed by atoms with E-state index >= 15 is 0 Å². The molecule has 6 nitrogen and oxygen atoms in total. The molecule has 1 fully saturated rings. The number of pyridine rings is 1. The predicted octanol–water partition coefficient (Wildman–Crippen LogP) is 3.37. The minimum absolute atomic E-state index is 0.0160. The summed E-state index contributed by atoms with van der Waals surface area (Å²) in [6.07, 6.45) is 3.66. The van der Waals surface area contributed by atoms with Crippen LogP contribution in [0.5, 0.6) is 0 Å². The number of ether oxygens (including phenoxy) is 1. The number of thiophene rings is 1. The van der Waals surface area contributed by atoms with Gasteiger partial charge in [0.2, 0.25) is 10.0 Å². The Morgan fingerprint density at radius 1 is 1.19 bits per heavy atom. The van der Waals surface area contributed by atoms with Gasteiger partial charge >= 0.3 is 0 Å². The highest BCUT2D eigenvalue weighted by atomic mass is 32.2. The summed E-state index contributed by atoms with van der Waals surface area (Å²) in [5.74, 6) is 0. The monoisotopic (exact) mass is 403 g/mol. The Balaban J connectivity index is 1.39. The van der Waals surface area contributed by atoms with Gasteiger partial charge in [0.1, 0.15) is 0 Å². The summed E-state index contributed by atoms with van der Waals surface area (Å²) >= 11 is 1.65. The van der Waals surface area contributed by atoms with Gasteiger partial charge in [-0.1, -0.05) is 12.1 Å². The summed E-state index contributed by atoms with van der Waals surface area (Å²) in [5.41, 5.74) is 3.02. The van der Waals surface area contributed by atoms with E-state index in [1.165, 1.54) is 0 Å². The molecular formula is C19H21N3O3S2. The number of benzene rings is 1. The van der Waals surface area contributed by atoms with Crippen LogP contribution in [0, 0.1) is 0 Å². The van der Waals surface area contributed by atoms with Crippen molar-refractivity contribution in [2.24, 2.45) is 0 Å². The lowest BCUT2D eigenvalue weighted by atomic mass is 10.2. The van der Waals surface area contributed by atoms with Crippen LogP contribution in [-0.4, -0.2) is 32.7 Å². The number of hydrogen-bond donors (Lipinski definition) is 2. The van der Waals surface area contributed by atoms with Gasteiger partial charge < -0.3 is 10.1 Å². The van der Waals surface area contributed by atoms with Crippen molar-refractivity contribution in [3.63, 3.8) is 0 Å². The number of nitrogens with one attached hydrogen (secondary N) is 2. The molecule has 27 heavy (non-hydrogen) atoms. The van der Waals surface area contributed by atoms with Gasteiger partial charge in [-0.05, 0) is 48.1 Å². The van der Waals surface area contributed by atoms with E-state index in [1.807, 2.05) is 29.6 Å². The first kappa shape index (κ1) is 18.4. The fourth-order valence-electron chi connectivity index (χ4n) is 3.09. The first-order valence-corrected chi connectivity index (χ1v) is 11.2. The van der Waals surface area contributed by atoms with E-state index in [0.29, 0.717) is 19.7 Å². The van der Waals surface area contributed by atoms with Crippen molar-refractivity contribution >= 4 is 37.3 Å². The molecule has 1 aliphatic rings. The summed E-state index contributed by atoms with van der Waals surface area (Å²) in [7, 11) is -3.51. The van der Waals surface area contributed by atoms with E-state index in [2.05, 4.69) is 15.0 Å². The second-order valence-electron chi connectivity index (χ2n) is 6.48. The van der Waals surface area contributed by atoms with Gasteiger partial charge in [-0.3, -0.25) is 4.98 Å². The van der Waals surface area contributed by atoms with Gasteiger partial charge in [-0.2, -0.15) is 0 Å². The molecule has 1 atom stereocenters. The van der Waals surface area contributed by atoms with Crippen molar-refractivity contribution in [1.82, 2.24) is 9.71 Å². The number of sulfonamides is 1. The van der Waals surface area contributed by atoms with Crippen molar-refractivity contribution in [2.75, 3.05) is 18.5 Å². The van der Waals surface area contributed by atoms with Crippen molar-refractivity contribution in [1.29, 1.82) is 0 Å². The third kappa shape index (κ3) is 4.30. The maximum Gasteiger partial charge on any atom is 0.240 e. The van der Waals surface area contributed by atoms with Crippen LogP contribution in [0.1, 0.15) is 18.4 Å². The summed E-state index contributed by atoms with van der Waals surface area (Å²) in [4.78, 5) is 4.60. The maximum absolute atomic E-state index is 12.4. The molecule has 0 aliphatic carbocycles. The van der Waals surface area contributed by atoms with Crippen LogP contribution >= 0.6 is 11.3 Å². The van der Waals surface area contributed by atoms with Crippen molar-refractivity contribution in [3.05, 3.63) is 53.5 Å². The van der Waals surface area contributed by atoms with Crippen molar-refractivity contribution < 1.29 is 13.2 Å². The molecular weight excluding hydrogens is 382 g/mol. The Morgan fingerprint density at radius 3 is 2.81 bits per heavy atom. The van der Waals surface area contributed by atoms with E-state index in [1.54, 1.807) is 29.7 Å². The molecule has 4 rings (SSSR count). The summed E-state index contributed by atoms with van der Waals surface area (Å²) in [6, 6.07) is 10.9. The quantitative estimate of drug-likeness (QED) is 0.632. The number of aromatic nitrogens is 1. The van der Waals surface area contributed by atoms with Crippen LogP contribution in [0.15, 0.2) is 52.9 Å². The largest absolute Gasteiger partial charge is 0.380 e. The molecule has 2 aromatic heterocycles. The molecule has 0 amide bonds. The Hall–Kier alpha value is -2.00. The minimum atomic E-state index is -3.51. The molecule has 1 unspecified atom stereocenters. The first-order valence-electron chi connectivity index (χ1n) is 8.88. The SMILES string of the molecule is O=S(=O)(NCC1CCCO1)c1ccc(CNc2ccnc3ccsc23)cc1.